The maximum atomic E-state index is 4.53. The summed E-state index contributed by atoms with van der Waals surface area (Å²) in [5.74, 6) is 2.54. The Bertz CT molecular complexity index is 490. The number of H-pyrrole nitrogens is 1. The first kappa shape index (κ1) is 11.2. The van der Waals surface area contributed by atoms with Crippen LogP contribution < -0.4 is 5.32 Å². The third kappa shape index (κ3) is 2.85. The number of anilines is 1. The van der Waals surface area contributed by atoms with E-state index in [2.05, 4.69) is 25.5 Å². The van der Waals surface area contributed by atoms with E-state index >= 15 is 0 Å². The second kappa shape index (κ2) is 5.16. The fourth-order valence-corrected chi connectivity index (χ4v) is 1.93. The van der Waals surface area contributed by atoms with Crippen LogP contribution >= 0.6 is 0 Å². The van der Waals surface area contributed by atoms with Crippen LogP contribution in [0.2, 0.25) is 0 Å². The van der Waals surface area contributed by atoms with Crippen LogP contribution in [0.1, 0.15) is 36.7 Å². The lowest BCUT2D eigenvalue weighted by Gasteiger charge is -2.05. The van der Waals surface area contributed by atoms with Gasteiger partial charge >= 0.3 is 0 Å². The zero-order valence-electron chi connectivity index (χ0n) is 10.3. The van der Waals surface area contributed by atoms with Gasteiger partial charge in [-0.3, -0.25) is 5.10 Å². The molecule has 5 heteroatoms. The van der Waals surface area contributed by atoms with Gasteiger partial charge in [0.15, 0.2) is 0 Å². The quantitative estimate of drug-likeness (QED) is 0.763. The van der Waals surface area contributed by atoms with Crippen molar-refractivity contribution in [2.24, 2.45) is 0 Å². The molecule has 5 nitrogen and oxygen atoms in total. The fourth-order valence-electron chi connectivity index (χ4n) is 1.93. The molecule has 0 aromatic carbocycles. The Labute approximate surface area is 106 Å². The van der Waals surface area contributed by atoms with Gasteiger partial charge in [-0.15, -0.1) is 0 Å². The summed E-state index contributed by atoms with van der Waals surface area (Å²) >= 11 is 0. The maximum absolute atomic E-state index is 4.53. The molecule has 1 aliphatic carbocycles. The topological polar surface area (TPSA) is 66.5 Å². The van der Waals surface area contributed by atoms with Gasteiger partial charge in [0.25, 0.3) is 0 Å². The molecule has 1 saturated carbocycles. The number of aryl methyl sites for hydroxylation is 1. The van der Waals surface area contributed by atoms with Gasteiger partial charge in [-0.25, -0.2) is 9.97 Å². The largest absolute Gasteiger partial charge is 0.370 e. The molecule has 2 aromatic heterocycles. The van der Waals surface area contributed by atoms with Gasteiger partial charge in [-0.2, -0.15) is 5.10 Å². The van der Waals surface area contributed by atoms with E-state index in [9.17, 15) is 0 Å². The predicted octanol–water partition coefficient (Wildman–Crippen LogP) is 2.12. The number of hydrogen-bond donors (Lipinski definition) is 2. The van der Waals surface area contributed by atoms with Crippen LogP contribution in [0.25, 0.3) is 0 Å². The minimum Gasteiger partial charge on any atom is -0.370 e. The van der Waals surface area contributed by atoms with Gasteiger partial charge in [0.05, 0.1) is 0 Å². The molecule has 0 amide bonds. The minimum absolute atomic E-state index is 0.608. The molecule has 0 atom stereocenters. The average molecular weight is 243 g/mol. The van der Waals surface area contributed by atoms with E-state index in [1.165, 1.54) is 18.5 Å². The summed E-state index contributed by atoms with van der Waals surface area (Å²) < 4.78 is 0. The molecule has 0 aliphatic heterocycles. The smallest absolute Gasteiger partial charge is 0.133 e. The van der Waals surface area contributed by atoms with Crippen molar-refractivity contribution in [3.8, 4) is 0 Å². The molecule has 0 bridgehead atoms. The van der Waals surface area contributed by atoms with E-state index in [0.717, 1.165) is 31.0 Å². The molecule has 94 valence electrons. The van der Waals surface area contributed by atoms with Crippen molar-refractivity contribution in [2.45, 2.75) is 31.6 Å². The highest BCUT2D eigenvalue weighted by atomic mass is 15.1. The van der Waals surface area contributed by atoms with E-state index in [0.29, 0.717) is 5.92 Å². The number of nitrogens with one attached hydrogen (secondary N) is 2. The zero-order chi connectivity index (χ0) is 12.2. The normalized spacial score (nSPS) is 14.7. The van der Waals surface area contributed by atoms with Crippen molar-refractivity contribution >= 4 is 5.82 Å². The fraction of sp³-hybridized carbons (Fsp3) is 0.462. The Kier molecular flexibility index (Phi) is 3.21. The van der Waals surface area contributed by atoms with E-state index < -0.39 is 0 Å². The monoisotopic (exact) mass is 243 g/mol. The Morgan fingerprint density at radius 3 is 3.00 bits per heavy atom. The SMILES string of the molecule is c1cc(CCCNc2ccnc(C3CC3)n2)[nH]n1. The van der Waals surface area contributed by atoms with Crippen LogP contribution in [0.15, 0.2) is 24.5 Å². The van der Waals surface area contributed by atoms with Crippen LogP contribution in [-0.2, 0) is 6.42 Å². The lowest BCUT2D eigenvalue weighted by atomic mass is 10.2. The van der Waals surface area contributed by atoms with Crippen molar-refractivity contribution in [1.29, 1.82) is 0 Å². The molecule has 0 radical (unpaired) electrons. The van der Waals surface area contributed by atoms with Crippen molar-refractivity contribution in [3.05, 3.63) is 36.0 Å². The van der Waals surface area contributed by atoms with Gasteiger partial charge in [0.1, 0.15) is 11.6 Å². The molecule has 1 fully saturated rings. The van der Waals surface area contributed by atoms with Crippen LogP contribution in [-0.4, -0.2) is 26.7 Å². The summed E-state index contributed by atoms with van der Waals surface area (Å²) in [5, 5.41) is 10.2. The minimum atomic E-state index is 0.608. The van der Waals surface area contributed by atoms with Crippen molar-refractivity contribution < 1.29 is 0 Å². The van der Waals surface area contributed by atoms with Crippen LogP contribution in [0, 0.1) is 0 Å². The Morgan fingerprint density at radius 2 is 2.22 bits per heavy atom. The highest BCUT2D eigenvalue weighted by molar-refractivity contribution is 5.33. The first-order chi connectivity index (χ1) is 8.92. The van der Waals surface area contributed by atoms with Gasteiger partial charge in [0, 0.05) is 30.6 Å². The van der Waals surface area contributed by atoms with Gasteiger partial charge in [0.2, 0.25) is 0 Å². The maximum Gasteiger partial charge on any atom is 0.133 e. The Morgan fingerprint density at radius 1 is 1.28 bits per heavy atom. The van der Waals surface area contributed by atoms with Gasteiger partial charge in [-0.1, -0.05) is 0 Å². The number of rotatable bonds is 6. The lowest BCUT2D eigenvalue weighted by Crippen LogP contribution is -2.06. The van der Waals surface area contributed by atoms with E-state index in [4.69, 9.17) is 0 Å². The van der Waals surface area contributed by atoms with Gasteiger partial charge < -0.3 is 5.32 Å². The second-order valence-electron chi connectivity index (χ2n) is 4.69. The van der Waals surface area contributed by atoms with E-state index in [1.54, 1.807) is 6.20 Å². The van der Waals surface area contributed by atoms with Crippen LogP contribution in [0.4, 0.5) is 5.82 Å². The second-order valence-corrected chi connectivity index (χ2v) is 4.69. The van der Waals surface area contributed by atoms with Crippen molar-refractivity contribution in [3.63, 3.8) is 0 Å². The predicted molar refractivity (Wildman–Crippen MR) is 69.4 cm³/mol. The average Bonchev–Trinajstić information content (AvgIpc) is 3.13. The highest BCUT2D eigenvalue weighted by Crippen LogP contribution is 2.37. The first-order valence-electron chi connectivity index (χ1n) is 6.47. The molecule has 1 aliphatic rings. The summed E-state index contributed by atoms with van der Waals surface area (Å²) in [6, 6.07) is 3.94. The molecular formula is C13H17N5. The molecule has 18 heavy (non-hydrogen) atoms. The molecule has 2 heterocycles. The Balaban J connectivity index is 1.46. The molecule has 0 saturated heterocycles. The molecule has 0 unspecified atom stereocenters. The lowest BCUT2D eigenvalue weighted by molar-refractivity contribution is 0.820. The summed E-state index contributed by atoms with van der Waals surface area (Å²) in [5.41, 5.74) is 1.18. The summed E-state index contributed by atoms with van der Waals surface area (Å²) in [6.07, 6.45) is 8.18. The molecule has 2 aromatic rings. The van der Waals surface area contributed by atoms with Crippen LogP contribution in [0.5, 0.6) is 0 Å². The molecule has 2 N–H and O–H groups in total. The van der Waals surface area contributed by atoms with Crippen LogP contribution in [0.3, 0.4) is 0 Å². The third-order valence-corrected chi connectivity index (χ3v) is 3.10. The number of aromatic amines is 1. The summed E-state index contributed by atoms with van der Waals surface area (Å²) in [4.78, 5) is 8.83. The standard InChI is InChI=1S/C13H17N5/c1(2-11-5-9-16-18-11)7-14-12-6-8-15-13(17-12)10-3-4-10/h5-6,8-10H,1-4,7H2,(H,16,18)(H,14,15,17). The van der Waals surface area contributed by atoms with Crippen molar-refractivity contribution in [1.82, 2.24) is 20.2 Å². The molecule has 3 rings (SSSR count). The first-order valence-corrected chi connectivity index (χ1v) is 6.47. The Hall–Kier alpha value is -1.91. The van der Waals surface area contributed by atoms with Crippen molar-refractivity contribution in [2.75, 3.05) is 11.9 Å². The number of aromatic nitrogens is 4. The molecule has 0 spiro atoms. The van der Waals surface area contributed by atoms with E-state index in [1.807, 2.05) is 18.3 Å². The molecular weight excluding hydrogens is 226 g/mol. The highest BCUT2D eigenvalue weighted by Gasteiger charge is 2.26. The summed E-state index contributed by atoms with van der Waals surface area (Å²) in [6.45, 7) is 0.917. The van der Waals surface area contributed by atoms with Gasteiger partial charge in [-0.05, 0) is 37.8 Å². The third-order valence-electron chi connectivity index (χ3n) is 3.10. The number of nitrogens with zero attached hydrogens (tertiary/aromatic N) is 3. The number of hydrogen-bond acceptors (Lipinski definition) is 4. The summed E-state index contributed by atoms with van der Waals surface area (Å²) in [7, 11) is 0. The zero-order valence-corrected chi connectivity index (χ0v) is 10.3. The van der Waals surface area contributed by atoms with E-state index in [-0.39, 0.29) is 0 Å².